The van der Waals surface area contributed by atoms with Gasteiger partial charge in [-0.1, -0.05) is 41.9 Å². The Morgan fingerprint density at radius 2 is 1.80 bits per heavy atom. The van der Waals surface area contributed by atoms with E-state index in [0.717, 1.165) is 32.8 Å². The molecule has 30 heavy (non-hydrogen) atoms. The smallest absolute Gasteiger partial charge is 0.262 e. The molecule has 2 aliphatic heterocycles. The number of halogens is 1. The molecule has 2 N–H and O–H groups in total. The molecule has 2 heterocycles. The van der Waals surface area contributed by atoms with Crippen molar-refractivity contribution in [2.24, 2.45) is 5.41 Å². The molecule has 0 saturated carbocycles. The van der Waals surface area contributed by atoms with Crippen molar-refractivity contribution in [2.45, 2.75) is 39.2 Å². The summed E-state index contributed by atoms with van der Waals surface area (Å²) >= 11 is 3.57. The molecule has 0 saturated heterocycles. The molecule has 0 bridgehead atoms. The fourth-order valence-electron chi connectivity index (χ4n) is 5.14. The molecule has 1 atom stereocenters. The summed E-state index contributed by atoms with van der Waals surface area (Å²) < 4.78 is 0.879. The van der Waals surface area contributed by atoms with Gasteiger partial charge in [-0.15, -0.1) is 0 Å². The predicted octanol–water partition coefficient (Wildman–Crippen LogP) is 5.19. The van der Waals surface area contributed by atoms with Crippen LogP contribution in [0.1, 0.15) is 39.2 Å². The van der Waals surface area contributed by atoms with Crippen LogP contribution in [0.2, 0.25) is 0 Å². The lowest BCUT2D eigenvalue weighted by Crippen LogP contribution is -2.51. The molecule has 5 rings (SSSR count). The minimum Gasteiger partial charge on any atom is -0.362 e. The SMILES string of the molecule is CCN1C(=O)C2(Nc3ccccc3NC3=C2C(=O)CC(C)(C)C3)c2cc(Br)ccc21. The number of Topliss-reactive ketones (excluding diaryl/α,β-unsaturated/α-hetero) is 1. The van der Waals surface area contributed by atoms with Gasteiger partial charge in [0.15, 0.2) is 11.3 Å². The van der Waals surface area contributed by atoms with Crippen LogP contribution in [0.5, 0.6) is 0 Å². The fraction of sp³-hybridized carbons (Fsp3) is 0.333. The van der Waals surface area contributed by atoms with Gasteiger partial charge in [-0.3, -0.25) is 9.59 Å². The van der Waals surface area contributed by atoms with E-state index in [0.29, 0.717) is 25.0 Å². The second-order valence-corrected chi connectivity index (χ2v) is 9.97. The first kappa shape index (κ1) is 19.4. The number of amides is 1. The van der Waals surface area contributed by atoms with Crippen molar-refractivity contribution >= 4 is 44.7 Å². The molecular weight excluding hydrogens is 442 g/mol. The minimum absolute atomic E-state index is 0.0197. The maximum atomic E-state index is 14.0. The van der Waals surface area contributed by atoms with Crippen LogP contribution in [0, 0.1) is 5.41 Å². The zero-order valence-electron chi connectivity index (χ0n) is 17.3. The van der Waals surface area contributed by atoms with Crippen LogP contribution in [0.3, 0.4) is 0 Å². The topological polar surface area (TPSA) is 61.4 Å². The Labute approximate surface area is 184 Å². The van der Waals surface area contributed by atoms with Crippen LogP contribution in [0.15, 0.2) is 58.2 Å². The van der Waals surface area contributed by atoms with Crippen LogP contribution < -0.4 is 15.5 Å². The lowest BCUT2D eigenvalue weighted by molar-refractivity contribution is -0.125. The third kappa shape index (κ3) is 2.59. The van der Waals surface area contributed by atoms with Gasteiger partial charge in [-0.05, 0) is 49.1 Å². The van der Waals surface area contributed by atoms with Crippen molar-refractivity contribution in [3.8, 4) is 0 Å². The van der Waals surface area contributed by atoms with Crippen LogP contribution in [-0.2, 0) is 15.1 Å². The van der Waals surface area contributed by atoms with Gasteiger partial charge < -0.3 is 15.5 Å². The molecule has 2 aromatic rings. The third-order valence-electron chi connectivity index (χ3n) is 6.32. The number of fused-ring (bicyclic) bond motifs is 4. The van der Waals surface area contributed by atoms with E-state index in [1.54, 1.807) is 4.90 Å². The number of allylic oxidation sites excluding steroid dienone is 1. The molecule has 154 valence electrons. The van der Waals surface area contributed by atoms with E-state index in [-0.39, 0.29) is 17.1 Å². The number of carbonyl (C=O) groups excluding carboxylic acids is 2. The molecule has 0 radical (unpaired) electrons. The number of benzene rings is 2. The number of nitrogens with one attached hydrogen (secondary N) is 2. The van der Waals surface area contributed by atoms with Crippen LogP contribution in [0.4, 0.5) is 17.1 Å². The van der Waals surface area contributed by atoms with E-state index in [1.807, 2.05) is 49.4 Å². The normalized spacial score (nSPS) is 24.1. The largest absolute Gasteiger partial charge is 0.362 e. The molecule has 0 fully saturated rings. The van der Waals surface area contributed by atoms with Gasteiger partial charge in [0.25, 0.3) is 5.91 Å². The van der Waals surface area contributed by atoms with Crippen molar-refractivity contribution in [3.05, 3.63) is 63.8 Å². The number of para-hydroxylation sites is 2. The summed E-state index contributed by atoms with van der Waals surface area (Å²) in [5, 5.41) is 7.05. The molecule has 3 aliphatic rings. The summed E-state index contributed by atoms with van der Waals surface area (Å²) in [4.78, 5) is 29.4. The minimum atomic E-state index is -1.24. The second kappa shape index (κ2) is 6.45. The van der Waals surface area contributed by atoms with Crippen molar-refractivity contribution in [3.63, 3.8) is 0 Å². The van der Waals surface area contributed by atoms with E-state index in [4.69, 9.17) is 0 Å². The molecule has 1 amide bonds. The highest BCUT2D eigenvalue weighted by Crippen LogP contribution is 2.54. The Morgan fingerprint density at radius 3 is 2.53 bits per heavy atom. The number of anilines is 3. The molecule has 0 aromatic heterocycles. The van der Waals surface area contributed by atoms with Crippen molar-refractivity contribution in [1.82, 2.24) is 0 Å². The number of rotatable bonds is 1. The molecular formula is C24H24BrN3O2. The standard InChI is InChI=1S/C24H24BrN3O2/c1-4-28-19-10-9-14(25)11-15(19)24(22(28)30)21-18(12-23(2,3)13-20(21)29)26-16-7-5-6-8-17(16)27-24/h5-11,26-27H,4,12-13H2,1-3H3. The summed E-state index contributed by atoms with van der Waals surface area (Å²) in [6.07, 6.45) is 1.12. The highest BCUT2D eigenvalue weighted by Gasteiger charge is 2.58. The average Bonchev–Trinajstić information content (AvgIpc) is 2.81. The molecule has 1 spiro atoms. The van der Waals surface area contributed by atoms with E-state index in [9.17, 15) is 9.59 Å². The van der Waals surface area contributed by atoms with Gasteiger partial charge in [-0.25, -0.2) is 0 Å². The summed E-state index contributed by atoms with van der Waals surface area (Å²) in [5.74, 6) is -0.0801. The average molecular weight is 466 g/mol. The number of nitrogens with zero attached hydrogens (tertiary/aromatic N) is 1. The Hall–Kier alpha value is -2.60. The van der Waals surface area contributed by atoms with Gasteiger partial charge in [0.1, 0.15) is 0 Å². The van der Waals surface area contributed by atoms with Crippen molar-refractivity contribution < 1.29 is 9.59 Å². The fourth-order valence-corrected chi connectivity index (χ4v) is 5.50. The maximum absolute atomic E-state index is 14.0. The highest BCUT2D eigenvalue weighted by molar-refractivity contribution is 9.10. The Morgan fingerprint density at radius 1 is 1.07 bits per heavy atom. The van der Waals surface area contributed by atoms with E-state index < -0.39 is 5.54 Å². The molecule has 1 unspecified atom stereocenters. The van der Waals surface area contributed by atoms with Crippen molar-refractivity contribution in [1.29, 1.82) is 0 Å². The number of hydrogen-bond acceptors (Lipinski definition) is 4. The Balaban J connectivity index is 1.87. The number of ketones is 1. The first-order valence-corrected chi connectivity index (χ1v) is 11.1. The first-order valence-electron chi connectivity index (χ1n) is 10.3. The second-order valence-electron chi connectivity index (χ2n) is 9.05. The van der Waals surface area contributed by atoms with Gasteiger partial charge in [0.05, 0.1) is 22.6 Å². The van der Waals surface area contributed by atoms with E-state index >= 15 is 0 Å². The lowest BCUT2D eigenvalue weighted by atomic mass is 9.69. The summed E-state index contributed by atoms with van der Waals surface area (Å²) in [7, 11) is 0. The molecule has 5 nitrogen and oxygen atoms in total. The number of hydrogen-bond donors (Lipinski definition) is 2. The quantitative estimate of drug-likeness (QED) is 0.607. The highest BCUT2D eigenvalue weighted by atomic mass is 79.9. The summed E-state index contributed by atoms with van der Waals surface area (Å²) in [5.41, 5.74) is 3.35. The lowest BCUT2D eigenvalue weighted by Gasteiger charge is -2.38. The van der Waals surface area contributed by atoms with Crippen LogP contribution >= 0.6 is 15.9 Å². The van der Waals surface area contributed by atoms with Crippen molar-refractivity contribution in [2.75, 3.05) is 22.1 Å². The summed E-state index contributed by atoms with van der Waals surface area (Å²) in [6, 6.07) is 13.7. The monoisotopic (exact) mass is 465 g/mol. The van der Waals surface area contributed by atoms with Gasteiger partial charge >= 0.3 is 0 Å². The third-order valence-corrected chi connectivity index (χ3v) is 6.81. The summed E-state index contributed by atoms with van der Waals surface area (Å²) in [6.45, 7) is 6.71. The van der Waals surface area contributed by atoms with Gasteiger partial charge in [0, 0.05) is 28.7 Å². The van der Waals surface area contributed by atoms with E-state index in [2.05, 4.69) is 40.4 Å². The maximum Gasteiger partial charge on any atom is 0.262 e. The van der Waals surface area contributed by atoms with Crippen LogP contribution in [-0.4, -0.2) is 18.2 Å². The zero-order chi connectivity index (χ0) is 21.3. The molecule has 6 heteroatoms. The predicted molar refractivity (Wildman–Crippen MR) is 123 cm³/mol. The van der Waals surface area contributed by atoms with Gasteiger partial charge in [-0.2, -0.15) is 0 Å². The first-order chi connectivity index (χ1) is 14.3. The van der Waals surface area contributed by atoms with Crippen LogP contribution in [0.25, 0.3) is 0 Å². The Bertz CT molecular complexity index is 1140. The number of likely N-dealkylation sites (N-methyl/N-ethyl adjacent to an activating group) is 1. The molecule has 1 aliphatic carbocycles. The Kier molecular flexibility index (Phi) is 4.16. The van der Waals surface area contributed by atoms with E-state index in [1.165, 1.54) is 0 Å². The number of carbonyl (C=O) groups is 2. The zero-order valence-corrected chi connectivity index (χ0v) is 18.9. The van der Waals surface area contributed by atoms with Gasteiger partial charge in [0.2, 0.25) is 0 Å². The molecule has 2 aromatic carbocycles.